The molecular weight excluding hydrogens is 312 g/mol. The molecule has 1 rings (SSSR count). The van der Waals surface area contributed by atoms with Crippen LogP contribution < -0.4 is 5.32 Å². The van der Waals surface area contributed by atoms with Crippen molar-refractivity contribution in [2.75, 3.05) is 35.0 Å². The topological polar surface area (TPSA) is 52.2 Å². The first-order valence-electron chi connectivity index (χ1n) is 8.39. The number of hydrogen-bond donors (Lipinski definition) is 1. The van der Waals surface area contributed by atoms with Gasteiger partial charge in [-0.1, -0.05) is 0 Å². The first kappa shape index (κ1) is 21.0. The summed E-state index contributed by atoms with van der Waals surface area (Å²) in [6.45, 7) is 9.90. The molecule has 1 aliphatic rings. The fraction of sp³-hybridized carbons (Fsp3) is 1.00. The van der Waals surface area contributed by atoms with Crippen molar-refractivity contribution < 1.29 is 18.1 Å². The molecule has 0 aromatic rings. The summed E-state index contributed by atoms with van der Waals surface area (Å²) < 4.78 is 16.4. The number of hydroxylamine groups is 2. The Labute approximate surface area is 143 Å². The molecule has 0 unspecified atom stereocenters. The molecule has 6 nitrogen and oxygen atoms in total. The lowest BCUT2D eigenvalue weighted by Gasteiger charge is -2.53. The zero-order chi connectivity index (χ0) is 17.7. The van der Waals surface area contributed by atoms with Crippen LogP contribution in [0.3, 0.4) is 0 Å². The number of rotatable bonds is 9. The van der Waals surface area contributed by atoms with Gasteiger partial charge in [-0.15, -0.1) is 0 Å². The Bertz CT molecular complexity index is 336. The number of nitrogens with zero attached hydrogens (tertiary/aromatic N) is 1. The summed E-state index contributed by atoms with van der Waals surface area (Å²) in [5.74, 6) is 0. The van der Waals surface area contributed by atoms with Gasteiger partial charge in [-0.2, -0.15) is 5.06 Å². The number of hydrogen-bond acceptors (Lipinski definition) is 6. The monoisotopic (exact) mass is 348 g/mol. The maximum Gasteiger partial charge on any atom is 0.500 e. The van der Waals surface area contributed by atoms with E-state index in [2.05, 4.69) is 38.1 Å². The molecule has 0 aromatic heterocycles. The van der Waals surface area contributed by atoms with Crippen LogP contribution in [0.15, 0.2) is 0 Å². The van der Waals surface area contributed by atoms with Crippen LogP contribution in [0.2, 0.25) is 6.04 Å². The Morgan fingerprint density at radius 2 is 1.43 bits per heavy atom. The minimum Gasteiger partial charge on any atom is -0.377 e. The molecule has 1 heterocycles. The molecule has 0 amide bonds. The van der Waals surface area contributed by atoms with E-state index in [9.17, 15) is 0 Å². The Morgan fingerprint density at radius 1 is 0.957 bits per heavy atom. The molecule has 1 fully saturated rings. The van der Waals surface area contributed by atoms with Gasteiger partial charge < -0.3 is 23.4 Å². The van der Waals surface area contributed by atoms with E-state index in [0.717, 1.165) is 31.9 Å². The molecular formula is C16H36N2O4Si. The summed E-state index contributed by atoms with van der Waals surface area (Å²) in [6, 6.07) is 1.31. The molecule has 0 saturated carbocycles. The van der Waals surface area contributed by atoms with Crippen LogP contribution in [-0.4, -0.2) is 66.0 Å². The van der Waals surface area contributed by atoms with E-state index >= 15 is 0 Å². The Balaban J connectivity index is 2.50. The van der Waals surface area contributed by atoms with Crippen molar-refractivity contribution in [3.8, 4) is 0 Å². The van der Waals surface area contributed by atoms with E-state index in [-0.39, 0.29) is 11.1 Å². The largest absolute Gasteiger partial charge is 0.500 e. The Hall–Kier alpha value is -0.0231. The second-order valence-electron chi connectivity index (χ2n) is 7.56. The molecule has 23 heavy (non-hydrogen) atoms. The van der Waals surface area contributed by atoms with Crippen molar-refractivity contribution >= 4 is 8.80 Å². The maximum absolute atomic E-state index is 5.65. The average Bonchev–Trinajstić information content (AvgIpc) is 2.46. The minimum absolute atomic E-state index is 0.0122. The van der Waals surface area contributed by atoms with Crippen LogP contribution in [0.5, 0.6) is 0 Å². The number of piperidine rings is 1. The van der Waals surface area contributed by atoms with Crippen molar-refractivity contribution in [3.63, 3.8) is 0 Å². The summed E-state index contributed by atoms with van der Waals surface area (Å²) in [4.78, 5) is 5.65. The lowest BCUT2D eigenvalue weighted by Crippen LogP contribution is -2.63. The van der Waals surface area contributed by atoms with E-state index in [1.165, 1.54) is 0 Å². The van der Waals surface area contributed by atoms with Crippen molar-refractivity contribution in [1.29, 1.82) is 0 Å². The van der Waals surface area contributed by atoms with Gasteiger partial charge >= 0.3 is 8.80 Å². The molecule has 1 N–H and O–H groups in total. The highest BCUT2D eigenvalue weighted by atomic mass is 28.4. The predicted molar refractivity (Wildman–Crippen MR) is 94.2 cm³/mol. The van der Waals surface area contributed by atoms with E-state index in [0.29, 0.717) is 6.04 Å². The van der Waals surface area contributed by atoms with E-state index in [4.69, 9.17) is 18.1 Å². The van der Waals surface area contributed by atoms with Crippen molar-refractivity contribution in [1.82, 2.24) is 10.4 Å². The number of nitrogens with one attached hydrogen (secondary N) is 1. The summed E-state index contributed by atoms with van der Waals surface area (Å²) in [6.07, 6.45) is 3.10. The predicted octanol–water partition coefficient (Wildman–Crippen LogP) is 2.43. The molecule has 0 radical (unpaired) electrons. The first-order valence-corrected chi connectivity index (χ1v) is 10.3. The smallest absolute Gasteiger partial charge is 0.377 e. The van der Waals surface area contributed by atoms with Crippen LogP contribution in [0.4, 0.5) is 0 Å². The average molecular weight is 349 g/mol. The zero-order valence-corrected chi connectivity index (χ0v) is 17.2. The highest BCUT2D eigenvalue weighted by Gasteiger charge is 2.46. The van der Waals surface area contributed by atoms with Gasteiger partial charge in [-0.3, -0.25) is 0 Å². The van der Waals surface area contributed by atoms with Crippen LogP contribution in [0, 0.1) is 0 Å². The summed E-state index contributed by atoms with van der Waals surface area (Å²) in [5, 5.41) is 5.83. The molecule has 0 atom stereocenters. The van der Waals surface area contributed by atoms with Gasteiger partial charge in [0.1, 0.15) is 0 Å². The van der Waals surface area contributed by atoms with Crippen molar-refractivity contribution in [2.45, 2.75) is 70.1 Å². The third-order valence-corrected chi connectivity index (χ3v) is 7.63. The van der Waals surface area contributed by atoms with Crippen LogP contribution in [0.25, 0.3) is 0 Å². The molecule has 0 spiro atoms. The highest BCUT2D eigenvalue weighted by molar-refractivity contribution is 6.60. The van der Waals surface area contributed by atoms with Gasteiger partial charge in [0.15, 0.2) is 0 Å². The van der Waals surface area contributed by atoms with Crippen molar-refractivity contribution in [3.05, 3.63) is 0 Å². The van der Waals surface area contributed by atoms with Crippen LogP contribution in [0.1, 0.15) is 47.0 Å². The normalized spacial score (nSPS) is 22.4. The maximum atomic E-state index is 5.65. The van der Waals surface area contributed by atoms with Crippen LogP contribution in [-0.2, 0) is 18.1 Å². The third-order valence-electron chi connectivity index (χ3n) is 4.80. The summed E-state index contributed by atoms with van der Waals surface area (Å²) in [7, 11) is 4.31. The van der Waals surface area contributed by atoms with Gasteiger partial charge in [-0.05, 0) is 53.5 Å². The lowest BCUT2D eigenvalue weighted by atomic mass is 9.79. The quantitative estimate of drug-likeness (QED) is 0.510. The standard InChI is InChI=1S/C16H36N2O4Si/c1-15(2)12-14(13-16(3,4)18(15)19-5)17-10-9-11-23(20-6,21-7)22-8/h14,17H,9-13H2,1-8H3. The third kappa shape index (κ3) is 5.22. The fourth-order valence-corrected chi connectivity index (χ4v) is 5.79. The second kappa shape index (κ2) is 8.38. The SMILES string of the molecule is CON1C(C)(C)CC(NCCC[Si](OC)(OC)OC)CC1(C)C. The van der Waals surface area contributed by atoms with E-state index < -0.39 is 8.80 Å². The van der Waals surface area contributed by atoms with E-state index in [1.54, 1.807) is 28.4 Å². The molecule has 0 aliphatic carbocycles. The molecule has 0 bridgehead atoms. The Morgan fingerprint density at radius 3 is 1.83 bits per heavy atom. The molecule has 1 aliphatic heterocycles. The Kier molecular flexibility index (Phi) is 7.66. The lowest BCUT2D eigenvalue weighted by molar-refractivity contribution is -0.267. The van der Waals surface area contributed by atoms with Crippen LogP contribution >= 0.6 is 0 Å². The second-order valence-corrected chi connectivity index (χ2v) is 10.7. The minimum atomic E-state index is -2.45. The molecule has 0 aromatic carbocycles. The summed E-state index contributed by atoms with van der Waals surface area (Å²) in [5.41, 5.74) is 0.0243. The first-order chi connectivity index (χ1) is 10.7. The fourth-order valence-electron chi connectivity index (χ4n) is 4.07. The van der Waals surface area contributed by atoms with Gasteiger partial charge in [0.25, 0.3) is 0 Å². The van der Waals surface area contributed by atoms with Gasteiger partial charge in [-0.25, -0.2) is 0 Å². The van der Waals surface area contributed by atoms with Crippen molar-refractivity contribution in [2.24, 2.45) is 0 Å². The molecule has 1 saturated heterocycles. The highest BCUT2D eigenvalue weighted by Crippen LogP contribution is 2.38. The van der Waals surface area contributed by atoms with Gasteiger partial charge in [0.2, 0.25) is 0 Å². The summed E-state index contributed by atoms with van der Waals surface area (Å²) >= 11 is 0. The van der Waals surface area contributed by atoms with E-state index in [1.807, 2.05) is 0 Å². The van der Waals surface area contributed by atoms with Gasteiger partial charge in [0.05, 0.1) is 7.11 Å². The zero-order valence-electron chi connectivity index (χ0n) is 16.2. The van der Waals surface area contributed by atoms with Gasteiger partial charge in [0, 0.05) is 44.5 Å². The molecule has 7 heteroatoms. The molecule has 138 valence electrons.